The zero-order chi connectivity index (χ0) is 26.5. The lowest BCUT2D eigenvalue weighted by molar-refractivity contribution is -0.735. The third-order valence-corrected chi connectivity index (χ3v) is 10.7. The van der Waals surface area contributed by atoms with E-state index in [1.54, 1.807) is 24.3 Å². The van der Waals surface area contributed by atoms with Gasteiger partial charge in [0.2, 0.25) is 15.9 Å². The molecule has 0 aliphatic carbocycles. The lowest BCUT2D eigenvalue weighted by Gasteiger charge is -2.40. The fourth-order valence-corrected chi connectivity index (χ4v) is 8.22. The molecule has 4 aliphatic heterocycles. The van der Waals surface area contributed by atoms with Crippen LogP contribution in [0.25, 0.3) is 0 Å². The molecule has 4 aliphatic rings. The molecule has 0 aromatic heterocycles. The minimum atomic E-state index is -4.80. The largest absolute Gasteiger partial charge is 0.460 e. The summed E-state index contributed by atoms with van der Waals surface area (Å²) in [6.45, 7) is 3.63. The molecule has 12 heteroatoms. The minimum Gasteiger partial charge on any atom is -0.342 e. The standard InChI is InChI=1S/C25H34F3N4O4S/c1-17-4-6-20(7-5-17)37(35,36)30-13-8-18(9-14-30)19-10-15-31-21(16-19)22(23(32(31)34)25(26,27)28)24(33)29-11-2-3-12-29/h4-7,18-19,21-23H,2-3,8-16H2,1H3/q+1. The normalized spacial score (nSPS) is 30.1. The van der Waals surface area contributed by atoms with E-state index in [4.69, 9.17) is 0 Å². The van der Waals surface area contributed by atoms with Gasteiger partial charge in [0.1, 0.15) is 16.8 Å². The Morgan fingerprint density at radius 3 is 2.14 bits per heavy atom. The number of hydrogen-bond acceptors (Lipinski definition) is 4. The molecule has 37 heavy (non-hydrogen) atoms. The molecule has 1 aromatic carbocycles. The van der Waals surface area contributed by atoms with Gasteiger partial charge in [0.05, 0.1) is 16.3 Å². The monoisotopic (exact) mass is 543 g/mol. The Labute approximate surface area is 215 Å². The van der Waals surface area contributed by atoms with Crippen LogP contribution in [0, 0.1) is 29.6 Å². The first-order valence-corrected chi connectivity index (χ1v) is 14.6. The van der Waals surface area contributed by atoms with Gasteiger partial charge in [-0.05, 0) is 69.4 Å². The summed E-state index contributed by atoms with van der Waals surface area (Å²) in [6.07, 6.45) is -1.17. The molecule has 8 nitrogen and oxygen atoms in total. The molecule has 4 unspecified atom stereocenters. The summed E-state index contributed by atoms with van der Waals surface area (Å²) in [6, 6.07) is 3.60. The highest BCUT2D eigenvalue weighted by atomic mass is 32.2. The molecule has 4 heterocycles. The van der Waals surface area contributed by atoms with E-state index in [9.17, 15) is 31.3 Å². The SMILES string of the molecule is Cc1ccc(S(=O)(=O)N2CCC(C3CCN4C(C3)C(C(=O)N3CCCC3)C(C(F)(F)F)[N+]4=O)CC2)cc1. The van der Waals surface area contributed by atoms with Crippen LogP contribution in [0.1, 0.15) is 44.1 Å². The first kappa shape index (κ1) is 26.4. The van der Waals surface area contributed by atoms with Gasteiger partial charge in [0.15, 0.2) is 0 Å². The van der Waals surface area contributed by atoms with Crippen LogP contribution in [-0.4, -0.2) is 84.4 Å². The maximum absolute atomic E-state index is 14.0. The molecule has 0 bridgehead atoms. The predicted molar refractivity (Wildman–Crippen MR) is 129 cm³/mol. The molecule has 0 spiro atoms. The van der Waals surface area contributed by atoms with Crippen LogP contribution in [0.5, 0.6) is 0 Å². The molecule has 0 N–H and O–H groups in total. The molecule has 4 atom stereocenters. The Bertz CT molecular complexity index is 1130. The Morgan fingerprint density at radius 1 is 0.946 bits per heavy atom. The summed E-state index contributed by atoms with van der Waals surface area (Å²) in [4.78, 5) is 27.8. The number of rotatable bonds is 4. The number of aryl methyl sites for hydroxylation is 1. The van der Waals surface area contributed by atoms with Crippen molar-refractivity contribution in [1.82, 2.24) is 14.2 Å². The summed E-state index contributed by atoms with van der Waals surface area (Å²) < 4.78 is 69.7. The number of carbonyl (C=O) groups excluding carboxylic acids is 1. The highest BCUT2D eigenvalue weighted by Gasteiger charge is 2.71. The fourth-order valence-electron chi connectivity index (χ4n) is 6.75. The van der Waals surface area contributed by atoms with E-state index in [-0.39, 0.29) is 28.1 Å². The number of sulfonamides is 1. The van der Waals surface area contributed by atoms with Crippen molar-refractivity contribution < 1.29 is 31.3 Å². The van der Waals surface area contributed by atoms with E-state index in [2.05, 4.69) is 0 Å². The number of carbonyl (C=O) groups is 1. The second kappa shape index (κ2) is 9.83. The summed E-state index contributed by atoms with van der Waals surface area (Å²) >= 11 is 0. The Balaban J connectivity index is 1.29. The molecule has 0 radical (unpaired) electrons. The maximum atomic E-state index is 14.0. The minimum absolute atomic E-state index is 0.0241. The van der Waals surface area contributed by atoms with Crippen LogP contribution in [-0.2, 0) is 14.8 Å². The molecule has 1 aromatic rings. The van der Waals surface area contributed by atoms with Gasteiger partial charge < -0.3 is 4.90 Å². The molecule has 4 fully saturated rings. The van der Waals surface area contributed by atoms with Crippen LogP contribution < -0.4 is 0 Å². The third-order valence-electron chi connectivity index (χ3n) is 8.76. The topological polar surface area (TPSA) is 81.0 Å². The Hall–Kier alpha value is -2.21. The first-order valence-electron chi connectivity index (χ1n) is 13.1. The number of hydrazine groups is 1. The van der Waals surface area contributed by atoms with Gasteiger partial charge in [-0.3, -0.25) is 4.79 Å². The Kier molecular flexibility index (Phi) is 7.01. The molecule has 204 valence electrons. The van der Waals surface area contributed by atoms with Crippen molar-refractivity contribution in [3.05, 3.63) is 34.7 Å². The number of halogens is 3. The molecule has 1 amide bonds. The lowest BCUT2D eigenvalue weighted by Crippen LogP contribution is -2.50. The molecule has 4 saturated heterocycles. The van der Waals surface area contributed by atoms with Gasteiger partial charge in [0, 0.05) is 26.2 Å². The van der Waals surface area contributed by atoms with Crippen LogP contribution in [0.2, 0.25) is 0 Å². The van der Waals surface area contributed by atoms with Crippen molar-refractivity contribution in [2.24, 2.45) is 17.8 Å². The predicted octanol–water partition coefficient (Wildman–Crippen LogP) is 3.35. The number of likely N-dealkylation sites (tertiary alicyclic amines) is 1. The maximum Gasteiger partial charge on any atom is 0.460 e. The van der Waals surface area contributed by atoms with E-state index >= 15 is 0 Å². The second-order valence-corrected chi connectivity index (χ2v) is 12.9. The van der Waals surface area contributed by atoms with E-state index in [1.807, 2.05) is 6.92 Å². The average Bonchev–Trinajstić information content (AvgIpc) is 3.50. The molecule has 0 saturated carbocycles. The summed E-state index contributed by atoms with van der Waals surface area (Å²) in [7, 11) is -3.61. The van der Waals surface area contributed by atoms with E-state index < -0.39 is 40.1 Å². The van der Waals surface area contributed by atoms with Gasteiger partial charge in [-0.2, -0.15) is 17.5 Å². The van der Waals surface area contributed by atoms with Gasteiger partial charge in [-0.25, -0.2) is 8.42 Å². The average molecular weight is 544 g/mol. The molecular formula is C25H34F3N4O4S+. The summed E-state index contributed by atoms with van der Waals surface area (Å²) in [5.74, 6) is -1.81. The number of piperidine rings is 2. The second-order valence-electron chi connectivity index (χ2n) is 10.9. The molecular weight excluding hydrogens is 509 g/mol. The quantitative estimate of drug-likeness (QED) is 0.545. The van der Waals surface area contributed by atoms with Crippen molar-refractivity contribution in [3.8, 4) is 0 Å². The van der Waals surface area contributed by atoms with Gasteiger partial charge in [0.25, 0.3) is 0 Å². The number of fused-ring (bicyclic) bond motifs is 1. The first-order chi connectivity index (χ1) is 17.5. The van der Waals surface area contributed by atoms with Crippen LogP contribution in [0.15, 0.2) is 29.2 Å². The smallest absolute Gasteiger partial charge is 0.342 e. The van der Waals surface area contributed by atoms with Crippen LogP contribution in [0.4, 0.5) is 13.2 Å². The number of amides is 1. The van der Waals surface area contributed by atoms with Gasteiger partial charge >= 0.3 is 12.2 Å². The van der Waals surface area contributed by atoms with Crippen molar-refractivity contribution in [2.75, 3.05) is 32.7 Å². The molecule has 5 rings (SSSR count). The van der Waals surface area contributed by atoms with Crippen molar-refractivity contribution in [3.63, 3.8) is 0 Å². The third kappa shape index (κ3) is 4.86. The number of hydrogen-bond donors (Lipinski definition) is 0. The van der Waals surface area contributed by atoms with Gasteiger partial charge in [-0.1, -0.05) is 17.7 Å². The summed E-state index contributed by atoms with van der Waals surface area (Å²) in [5.41, 5.74) is 0.974. The number of nitroso groups, excluding NO2 is 1. The van der Waals surface area contributed by atoms with Crippen molar-refractivity contribution in [1.29, 1.82) is 0 Å². The number of benzene rings is 1. The fraction of sp³-hybridized carbons (Fsp3) is 0.720. The number of nitrogens with zero attached hydrogens (tertiary/aromatic N) is 4. The lowest BCUT2D eigenvalue weighted by atomic mass is 9.74. The zero-order valence-electron chi connectivity index (χ0n) is 20.9. The van der Waals surface area contributed by atoms with E-state index in [0.717, 1.165) is 18.4 Å². The van der Waals surface area contributed by atoms with E-state index in [1.165, 1.54) is 14.2 Å². The highest BCUT2D eigenvalue weighted by molar-refractivity contribution is 7.89. The zero-order valence-corrected chi connectivity index (χ0v) is 21.8. The number of alkyl halides is 3. The van der Waals surface area contributed by atoms with Crippen LogP contribution in [0.3, 0.4) is 0 Å². The van der Waals surface area contributed by atoms with Crippen LogP contribution >= 0.6 is 0 Å². The van der Waals surface area contributed by atoms with Gasteiger partial charge in [-0.15, -0.1) is 5.01 Å². The summed E-state index contributed by atoms with van der Waals surface area (Å²) in [5, 5.41) is 1.23. The van der Waals surface area contributed by atoms with Crippen molar-refractivity contribution in [2.45, 2.75) is 68.6 Å². The van der Waals surface area contributed by atoms with Crippen molar-refractivity contribution >= 4 is 15.9 Å². The highest BCUT2D eigenvalue weighted by Crippen LogP contribution is 2.46. The van der Waals surface area contributed by atoms with E-state index in [0.29, 0.717) is 51.9 Å². The Morgan fingerprint density at radius 2 is 1.54 bits per heavy atom.